The molecule has 0 spiro atoms. The zero-order valence-corrected chi connectivity index (χ0v) is 26.5. The summed E-state index contributed by atoms with van der Waals surface area (Å²) in [6.07, 6.45) is 0. The molecule has 49 heavy (non-hydrogen) atoms. The summed E-state index contributed by atoms with van der Waals surface area (Å²) in [6.45, 7) is 0. The first-order chi connectivity index (χ1) is 24.3. The van der Waals surface area contributed by atoms with Gasteiger partial charge in [0.15, 0.2) is 0 Å². The molecule has 2 aromatic heterocycles. The fraction of sp³-hybridized carbons (Fsp3) is 0. The number of benzene rings is 8. The predicted octanol–water partition coefficient (Wildman–Crippen LogP) is 13.4. The maximum Gasteiger partial charge on any atom is 0.137 e. The van der Waals surface area contributed by atoms with Crippen molar-refractivity contribution in [3.05, 3.63) is 176 Å². The smallest absolute Gasteiger partial charge is 0.137 e. The molecule has 8 aromatic carbocycles. The first-order valence-corrected chi connectivity index (χ1v) is 16.6. The molecule has 0 saturated heterocycles. The van der Waals surface area contributed by atoms with Gasteiger partial charge in [0.25, 0.3) is 0 Å². The van der Waals surface area contributed by atoms with Gasteiger partial charge in [0.05, 0.1) is 0 Å². The molecule has 0 aliphatic carbocycles. The van der Waals surface area contributed by atoms with Crippen molar-refractivity contribution in [1.29, 1.82) is 0 Å². The van der Waals surface area contributed by atoms with Crippen LogP contribution in [0.4, 0.5) is 17.1 Å². The van der Waals surface area contributed by atoms with E-state index in [-0.39, 0.29) is 0 Å². The second-order valence-corrected chi connectivity index (χ2v) is 12.6. The highest BCUT2D eigenvalue weighted by atomic mass is 16.3. The third kappa shape index (κ3) is 4.59. The summed E-state index contributed by atoms with van der Waals surface area (Å²) in [5.41, 5.74) is 11.4. The van der Waals surface area contributed by atoms with Gasteiger partial charge >= 0.3 is 0 Å². The van der Waals surface area contributed by atoms with E-state index in [0.717, 1.165) is 72.1 Å². The molecule has 0 unspecified atom stereocenters. The van der Waals surface area contributed by atoms with Gasteiger partial charge in [0.1, 0.15) is 22.3 Å². The molecule has 2 heterocycles. The Morgan fingerprint density at radius 3 is 1.76 bits per heavy atom. The lowest BCUT2D eigenvalue weighted by atomic mass is 9.98. The van der Waals surface area contributed by atoms with E-state index in [4.69, 9.17) is 8.83 Å². The Morgan fingerprint density at radius 2 is 0.898 bits per heavy atom. The van der Waals surface area contributed by atoms with Crippen LogP contribution >= 0.6 is 0 Å². The van der Waals surface area contributed by atoms with Crippen LogP contribution < -0.4 is 4.90 Å². The van der Waals surface area contributed by atoms with Gasteiger partial charge in [-0.05, 0) is 93.7 Å². The Hall–Kier alpha value is -6.58. The van der Waals surface area contributed by atoms with Gasteiger partial charge in [-0.15, -0.1) is 0 Å². The van der Waals surface area contributed by atoms with E-state index in [1.165, 1.54) is 21.9 Å². The van der Waals surface area contributed by atoms with Crippen molar-refractivity contribution in [3.8, 4) is 22.3 Å². The molecule has 10 rings (SSSR count). The van der Waals surface area contributed by atoms with Crippen molar-refractivity contribution in [3.63, 3.8) is 0 Å². The minimum absolute atomic E-state index is 0.869. The molecule has 0 fully saturated rings. The Bertz CT molecular complexity index is 2830. The maximum absolute atomic E-state index is 6.34. The van der Waals surface area contributed by atoms with Gasteiger partial charge in [-0.1, -0.05) is 109 Å². The Kier molecular flexibility index (Phi) is 6.18. The van der Waals surface area contributed by atoms with E-state index in [9.17, 15) is 0 Å². The van der Waals surface area contributed by atoms with Gasteiger partial charge in [-0.2, -0.15) is 0 Å². The summed E-state index contributed by atoms with van der Waals surface area (Å²) >= 11 is 0. The average molecular weight is 628 g/mol. The van der Waals surface area contributed by atoms with Gasteiger partial charge in [-0.25, -0.2) is 0 Å². The molecular formula is C46H29NO2. The molecule has 230 valence electrons. The second kappa shape index (κ2) is 11.0. The van der Waals surface area contributed by atoms with Crippen LogP contribution in [0, 0.1) is 0 Å². The van der Waals surface area contributed by atoms with E-state index in [1.54, 1.807) is 0 Å². The van der Waals surface area contributed by atoms with Crippen LogP contribution in [0.25, 0.3) is 76.9 Å². The molecule has 0 aliphatic heterocycles. The van der Waals surface area contributed by atoms with Crippen molar-refractivity contribution in [2.45, 2.75) is 0 Å². The Labute approximate surface area is 282 Å². The van der Waals surface area contributed by atoms with Crippen molar-refractivity contribution in [2.75, 3.05) is 4.90 Å². The van der Waals surface area contributed by atoms with Crippen LogP contribution in [0.15, 0.2) is 185 Å². The van der Waals surface area contributed by atoms with Crippen LogP contribution in [0.5, 0.6) is 0 Å². The van der Waals surface area contributed by atoms with Crippen LogP contribution in [0.1, 0.15) is 0 Å². The standard InChI is InChI=1S/C46H29NO2/c1-2-9-30(10-3-1)33-11-8-12-36(27-33)47(37-24-25-39-38-13-4-6-15-42(38)49-45(39)29-37)35-22-19-31(20-23-35)34-18-17-32-21-26-44-46(41(32)28-34)40-14-5-7-16-43(40)48-44/h1-29H. The average Bonchev–Trinajstić information content (AvgIpc) is 3.74. The van der Waals surface area contributed by atoms with Crippen molar-refractivity contribution >= 4 is 71.7 Å². The minimum Gasteiger partial charge on any atom is -0.456 e. The number of nitrogens with zero attached hydrogens (tertiary/aromatic N) is 1. The lowest BCUT2D eigenvalue weighted by Gasteiger charge is -2.26. The number of fused-ring (bicyclic) bond motifs is 8. The quantitative estimate of drug-likeness (QED) is 0.190. The van der Waals surface area contributed by atoms with E-state index in [2.05, 4.69) is 157 Å². The van der Waals surface area contributed by atoms with Gasteiger partial charge in [0, 0.05) is 44.7 Å². The fourth-order valence-corrected chi connectivity index (χ4v) is 7.28. The third-order valence-electron chi connectivity index (χ3n) is 9.65. The second-order valence-electron chi connectivity index (χ2n) is 12.6. The van der Waals surface area contributed by atoms with Crippen molar-refractivity contribution < 1.29 is 8.83 Å². The molecule has 0 N–H and O–H groups in total. The summed E-state index contributed by atoms with van der Waals surface area (Å²) < 4.78 is 12.5. The van der Waals surface area contributed by atoms with Crippen LogP contribution in [0.3, 0.4) is 0 Å². The van der Waals surface area contributed by atoms with Crippen molar-refractivity contribution in [2.24, 2.45) is 0 Å². The number of rotatable bonds is 5. The number of hydrogen-bond donors (Lipinski definition) is 0. The minimum atomic E-state index is 0.869. The lowest BCUT2D eigenvalue weighted by molar-refractivity contribution is 0.668. The SMILES string of the molecule is c1ccc(-c2cccc(N(c3ccc(-c4ccc5ccc6oc7ccccc7c6c5c4)cc3)c3ccc4c(c3)oc3ccccc34)c2)cc1. The number of anilines is 3. The molecule has 0 aliphatic rings. The summed E-state index contributed by atoms with van der Waals surface area (Å²) in [6, 6.07) is 62.1. The van der Waals surface area contributed by atoms with Gasteiger partial charge in [-0.3, -0.25) is 0 Å². The highest BCUT2D eigenvalue weighted by molar-refractivity contribution is 6.19. The predicted molar refractivity (Wildman–Crippen MR) is 204 cm³/mol. The lowest BCUT2D eigenvalue weighted by Crippen LogP contribution is -2.10. The molecule has 0 bridgehead atoms. The molecular weight excluding hydrogens is 599 g/mol. The monoisotopic (exact) mass is 627 g/mol. The number of para-hydroxylation sites is 2. The molecule has 0 radical (unpaired) electrons. The fourth-order valence-electron chi connectivity index (χ4n) is 7.28. The number of furan rings is 2. The summed E-state index contributed by atoms with van der Waals surface area (Å²) in [4.78, 5) is 2.31. The summed E-state index contributed by atoms with van der Waals surface area (Å²) in [5.74, 6) is 0. The first kappa shape index (κ1) is 27.5. The highest BCUT2D eigenvalue weighted by Crippen LogP contribution is 2.41. The summed E-state index contributed by atoms with van der Waals surface area (Å²) in [7, 11) is 0. The zero-order chi connectivity index (χ0) is 32.3. The zero-order valence-electron chi connectivity index (χ0n) is 26.5. The first-order valence-electron chi connectivity index (χ1n) is 16.6. The Morgan fingerprint density at radius 1 is 0.306 bits per heavy atom. The molecule has 0 saturated carbocycles. The van der Waals surface area contributed by atoms with Crippen LogP contribution in [0.2, 0.25) is 0 Å². The molecule has 0 atom stereocenters. The van der Waals surface area contributed by atoms with Gasteiger partial charge in [0.2, 0.25) is 0 Å². The van der Waals surface area contributed by atoms with Gasteiger partial charge < -0.3 is 13.7 Å². The normalized spacial score (nSPS) is 11.7. The van der Waals surface area contributed by atoms with E-state index in [1.807, 2.05) is 24.3 Å². The van der Waals surface area contributed by atoms with E-state index in [0.29, 0.717) is 0 Å². The molecule has 3 heteroatoms. The highest BCUT2D eigenvalue weighted by Gasteiger charge is 2.17. The van der Waals surface area contributed by atoms with Crippen LogP contribution in [-0.2, 0) is 0 Å². The molecule has 3 nitrogen and oxygen atoms in total. The maximum atomic E-state index is 6.34. The molecule has 0 amide bonds. The van der Waals surface area contributed by atoms with Crippen LogP contribution in [-0.4, -0.2) is 0 Å². The largest absolute Gasteiger partial charge is 0.456 e. The Balaban J connectivity index is 1.10. The molecule has 10 aromatic rings. The van der Waals surface area contributed by atoms with Crippen molar-refractivity contribution in [1.82, 2.24) is 0 Å². The summed E-state index contributed by atoms with van der Waals surface area (Å²) in [5, 5.41) is 6.94. The third-order valence-corrected chi connectivity index (χ3v) is 9.65. The topological polar surface area (TPSA) is 29.5 Å². The number of hydrogen-bond acceptors (Lipinski definition) is 3. The van der Waals surface area contributed by atoms with E-state index >= 15 is 0 Å². The van der Waals surface area contributed by atoms with E-state index < -0.39 is 0 Å².